The molecule has 0 heterocycles. The minimum Gasteiger partial charge on any atom is -0.342 e. The van der Waals surface area contributed by atoms with Gasteiger partial charge in [0.15, 0.2) is 0 Å². The van der Waals surface area contributed by atoms with Crippen molar-refractivity contribution in [3.8, 4) is 0 Å². The van der Waals surface area contributed by atoms with Gasteiger partial charge in [-0.25, -0.2) is 0 Å². The summed E-state index contributed by atoms with van der Waals surface area (Å²) in [6, 6.07) is 7.60. The van der Waals surface area contributed by atoms with E-state index in [1.54, 1.807) is 11.9 Å². The summed E-state index contributed by atoms with van der Waals surface area (Å²) in [7, 11) is 1.81. The lowest BCUT2D eigenvalue weighted by atomic mass is 10.2. The molecule has 0 unspecified atom stereocenters. The van der Waals surface area contributed by atoms with Crippen LogP contribution in [0.15, 0.2) is 24.3 Å². The van der Waals surface area contributed by atoms with Crippen molar-refractivity contribution in [1.29, 1.82) is 0 Å². The molecule has 1 rings (SSSR count). The molecule has 15 heavy (non-hydrogen) atoms. The number of amides is 1. The van der Waals surface area contributed by atoms with E-state index < -0.39 is 0 Å². The Hall–Kier alpha value is -0.620. The van der Waals surface area contributed by atoms with Gasteiger partial charge in [0.2, 0.25) is 0 Å². The van der Waals surface area contributed by atoms with Gasteiger partial charge in [-0.15, -0.1) is 0 Å². The lowest BCUT2D eigenvalue weighted by molar-refractivity contribution is 0.0793. The van der Waals surface area contributed by atoms with E-state index in [9.17, 15) is 4.79 Å². The Morgan fingerprint density at radius 2 is 2.13 bits per heavy atom. The Morgan fingerprint density at radius 1 is 1.47 bits per heavy atom. The third kappa shape index (κ3) is 3.46. The molecule has 0 saturated carbocycles. The minimum atomic E-state index is 0.0634. The normalized spacial score (nSPS) is 10.1. The summed E-state index contributed by atoms with van der Waals surface area (Å²) in [5.74, 6) is 0.0634. The van der Waals surface area contributed by atoms with Gasteiger partial charge in [-0.05, 0) is 47.7 Å². The molecule has 0 bridgehead atoms. The van der Waals surface area contributed by atoms with Crippen molar-refractivity contribution in [2.45, 2.75) is 6.42 Å². The van der Waals surface area contributed by atoms with Crippen LogP contribution < -0.4 is 5.73 Å². The number of hydrogen-bond acceptors (Lipinski definition) is 2. The van der Waals surface area contributed by atoms with E-state index in [0.717, 1.165) is 15.6 Å². The van der Waals surface area contributed by atoms with Gasteiger partial charge < -0.3 is 10.6 Å². The molecule has 0 radical (unpaired) electrons. The molecule has 1 aromatic carbocycles. The van der Waals surface area contributed by atoms with Crippen LogP contribution in [0.2, 0.25) is 0 Å². The van der Waals surface area contributed by atoms with E-state index in [-0.39, 0.29) is 5.91 Å². The predicted octanol–water partition coefficient (Wildman–Crippen LogP) is 1.71. The monoisotopic (exact) mass is 318 g/mol. The zero-order valence-corrected chi connectivity index (χ0v) is 10.9. The number of hydrogen-bond donors (Lipinski definition) is 1. The highest BCUT2D eigenvalue weighted by atomic mass is 127. The van der Waals surface area contributed by atoms with E-state index in [4.69, 9.17) is 5.73 Å². The van der Waals surface area contributed by atoms with Gasteiger partial charge in [0, 0.05) is 17.2 Å². The van der Waals surface area contributed by atoms with Gasteiger partial charge in [0.1, 0.15) is 0 Å². The van der Waals surface area contributed by atoms with Crippen molar-refractivity contribution in [1.82, 2.24) is 4.90 Å². The Balaban J connectivity index is 2.72. The maximum Gasteiger partial charge on any atom is 0.254 e. The first-order chi connectivity index (χ1) is 7.16. The molecule has 0 aliphatic rings. The highest BCUT2D eigenvalue weighted by Crippen LogP contribution is 2.13. The first-order valence-electron chi connectivity index (χ1n) is 4.87. The van der Waals surface area contributed by atoms with E-state index >= 15 is 0 Å². The number of nitrogens with two attached hydrogens (primary N) is 1. The molecule has 3 nitrogen and oxygen atoms in total. The Kier molecular flexibility index (Phi) is 5.04. The van der Waals surface area contributed by atoms with Gasteiger partial charge in [0.25, 0.3) is 5.91 Å². The molecular formula is C11H15IN2O. The number of carbonyl (C=O) groups is 1. The zero-order valence-electron chi connectivity index (χ0n) is 8.74. The lowest BCUT2D eigenvalue weighted by Gasteiger charge is -2.17. The summed E-state index contributed by atoms with van der Waals surface area (Å²) in [4.78, 5) is 13.7. The summed E-state index contributed by atoms with van der Waals surface area (Å²) >= 11 is 2.17. The Morgan fingerprint density at radius 3 is 2.73 bits per heavy atom. The van der Waals surface area contributed by atoms with Gasteiger partial charge in [0.05, 0.1) is 5.56 Å². The SMILES string of the molecule is CN(CCCN)C(=O)c1ccccc1I. The fraction of sp³-hybridized carbons (Fsp3) is 0.364. The molecule has 0 aliphatic heterocycles. The van der Waals surface area contributed by atoms with Crippen LogP contribution in [-0.2, 0) is 0 Å². The molecule has 82 valence electrons. The first-order valence-corrected chi connectivity index (χ1v) is 5.94. The first kappa shape index (κ1) is 12.4. The molecule has 0 saturated heterocycles. The highest BCUT2D eigenvalue weighted by molar-refractivity contribution is 14.1. The van der Waals surface area contributed by atoms with Crippen molar-refractivity contribution in [3.63, 3.8) is 0 Å². The quantitative estimate of drug-likeness (QED) is 0.859. The topological polar surface area (TPSA) is 46.3 Å². The fourth-order valence-corrected chi connectivity index (χ4v) is 1.89. The van der Waals surface area contributed by atoms with Crippen molar-refractivity contribution >= 4 is 28.5 Å². The van der Waals surface area contributed by atoms with Crippen LogP contribution >= 0.6 is 22.6 Å². The second-order valence-electron chi connectivity index (χ2n) is 3.35. The van der Waals surface area contributed by atoms with Gasteiger partial charge in [-0.1, -0.05) is 12.1 Å². The van der Waals surface area contributed by atoms with E-state index in [2.05, 4.69) is 22.6 Å². The van der Waals surface area contributed by atoms with Gasteiger partial charge in [-0.2, -0.15) is 0 Å². The van der Waals surface area contributed by atoms with Crippen LogP contribution in [0, 0.1) is 3.57 Å². The van der Waals surface area contributed by atoms with Crippen LogP contribution in [0.5, 0.6) is 0 Å². The summed E-state index contributed by atoms with van der Waals surface area (Å²) in [6.07, 6.45) is 0.839. The van der Waals surface area contributed by atoms with Crippen LogP contribution in [0.4, 0.5) is 0 Å². The molecule has 1 amide bonds. The summed E-state index contributed by atoms with van der Waals surface area (Å²) in [5.41, 5.74) is 6.17. The largest absolute Gasteiger partial charge is 0.342 e. The molecule has 0 fully saturated rings. The van der Waals surface area contributed by atoms with E-state index in [0.29, 0.717) is 13.1 Å². The number of rotatable bonds is 4. The Bertz CT molecular complexity index is 341. The molecular weight excluding hydrogens is 303 g/mol. The third-order valence-electron chi connectivity index (χ3n) is 2.15. The molecule has 2 N–H and O–H groups in total. The standard InChI is InChI=1S/C11H15IN2O/c1-14(8-4-7-13)11(15)9-5-2-3-6-10(9)12/h2-3,5-6H,4,7-8,13H2,1H3. The number of halogens is 1. The molecule has 0 aromatic heterocycles. The second-order valence-corrected chi connectivity index (χ2v) is 4.51. The zero-order chi connectivity index (χ0) is 11.3. The highest BCUT2D eigenvalue weighted by Gasteiger charge is 2.13. The smallest absolute Gasteiger partial charge is 0.254 e. The van der Waals surface area contributed by atoms with Gasteiger partial charge >= 0.3 is 0 Å². The predicted molar refractivity (Wildman–Crippen MR) is 69.8 cm³/mol. The van der Waals surface area contributed by atoms with Crippen molar-refractivity contribution in [3.05, 3.63) is 33.4 Å². The van der Waals surface area contributed by atoms with Crippen molar-refractivity contribution in [2.24, 2.45) is 5.73 Å². The number of nitrogens with zero attached hydrogens (tertiary/aromatic N) is 1. The average molecular weight is 318 g/mol. The third-order valence-corrected chi connectivity index (χ3v) is 3.09. The molecule has 0 atom stereocenters. The Labute approximate surface area is 104 Å². The second kappa shape index (κ2) is 6.07. The van der Waals surface area contributed by atoms with Crippen LogP contribution in [0.25, 0.3) is 0 Å². The van der Waals surface area contributed by atoms with Crippen molar-refractivity contribution < 1.29 is 4.79 Å². The summed E-state index contributed by atoms with van der Waals surface area (Å²) < 4.78 is 0.986. The van der Waals surface area contributed by atoms with Crippen molar-refractivity contribution in [2.75, 3.05) is 20.1 Å². The van der Waals surface area contributed by atoms with Gasteiger partial charge in [-0.3, -0.25) is 4.79 Å². The van der Waals surface area contributed by atoms with E-state index in [1.165, 1.54) is 0 Å². The fourth-order valence-electron chi connectivity index (χ4n) is 1.27. The van der Waals surface area contributed by atoms with E-state index in [1.807, 2.05) is 24.3 Å². The molecule has 0 aliphatic carbocycles. The maximum absolute atomic E-state index is 12.0. The summed E-state index contributed by atoms with van der Waals surface area (Å²) in [6.45, 7) is 1.32. The summed E-state index contributed by atoms with van der Waals surface area (Å²) in [5, 5.41) is 0. The average Bonchev–Trinajstić information content (AvgIpc) is 2.25. The maximum atomic E-state index is 12.0. The van der Waals surface area contributed by atoms with Crippen LogP contribution in [-0.4, -0.2) is 30.9 Å². The van der Waals surface area contributed by atoms with Crippen LogP contribution in [0.1, 0.15) is 16.8 Å². The minimum absolute atomic E-state index is 0.0634. The molecule has 1 aromatic rings. The number of benzene rings is 1. The molecule has 0 spiro atoms. The number of carbonyl (C=O) groups excluding carboxylic acids is 1. The van der Waals surface area contributed by atoms with Crippen LogP contribution in [0.3, 0.4) is 0 Å². The lowest BCUT2D eigenvalue weighted by Crippen LogP contribution is -2.29. The molecule has 4 heteroatoms.